The number of aryl methyl sites for hydroxylation is 1. The van der Waals surface area contributed by atoms with Gasteiger partial charge in [0.25, 0.3) is 5.88 Å². The molecule has 9 nitrogen and oxygen atoms in total. The molecule has 4 aromatic rings. The van der Waals surface area contributed by atoms with Gasteiger partial charge in [-0.15, -0.1) is 0 Å². The second kappa shape index (κ2) is 10.2. The van der Waals surface area contributed by atoms with E-state index in [-0.39, 0.29) is 40.7 Å². The van der Waals surface area contributed by atoms with Gasteiger partial charge in [-0.3, -0.25) is 4.57 Å². The molecule has 1 N–H and O–H groups in total. The number of sulfone groups is 1. The normalized spacial score (nSPS) is 12.7. The third kappa shape index (κ3) is 5.45. The summed E-state index contributed by atoms with van der Waals surface area (Å²) in [5.74, 6) is -1.64. The molecule has 3 aromatic heterocycles. The Morgan fingerprint density at radius 3 is 2.51 bits per heavy atom. The fraction of sp³-hybridized carbons (Fsp3) is 0.292. The van der Waals surface area contributed by atoms with Crippen LogP contribution in [-0.4, -0.2) is 53.2 Å². The number of rotatable bonds is 9. The van der Waals surface area contributed by atoms with Gasteiger partial charge in [-0.1, -0.05) is 18.2 Å². The van der Waals surface area contributed by atoms with Crippen LogP contribution >= 0.6 is 0 Å². The predicted octanol–water partition coefficient (Wildman–Crippen LogP) is 3.87. The molecule has 4 rings (SSSR count). The van der Waals surface area contributed by atoms with Crippen molar-refractivity contribution in [2.75, 3.05) is 18.6 Å². The number of halogens is 3. The van der Waals surface area contributed by atoms with Gasteiger partial charge < -0.3 is 14.5 Å². The van der Waals surface area contributed by atoms with Crippen molar-refractivity contribution in [1.29, 1.82) is 0 Å². The number of imidazole rings is 1. The van der Waals surface area contributed by atoms with E-state index in [9.17, 15) is 26.4 Å². The molecule has 0 saturated heterocycles. The van der Waals surface area contributed by atoms with Crippen LogP contribution in [0.3, 0.4) is 0 Å². The molecule has 0 bridgehead atoms. The Morgan fingerprint density at radius 1 is 1.14 bits per heavy atom. The van der Waals surface area contributed by atoms with E-state index >= 15 is 0 Å². The SMILES string of the molecule is CCOc1nc([C@@H](CS(C)(=O)=O)n2c(=O)[nH]c3c(C)c(-c4ccccc4F)cnc32)ccc1OC(F)F. The number of ether oxygens (including phenoxy) is 2. The molecule has 0 amide bonds. The highest BCUT2D eigenvalue weighted by atomic mass is 32.2. The highest BCUT2D eigenvalue weighted by Crippen LogP contribution is 2.33. The average molecular weight is 537 g/mol. The molecular formula is C24H23F3N4O5S. The minimum atomic E-state index is -3.69. The molecule has 3 heterocycles. The zero-order valence-electron chi connectivity index (χ0n) is 20.0. The fourth-order valence-corrected chi connectivity index (χ4v) is 4.95. The molecule has 0 aliphatic carbocycles. The van der Waals surface area contributed by atoms with Gasteiger partial charge >= 0.3 is 12.3 Å². The summed E-state index contributed by atoms with van der Waals surface area (Å²) in [6, 6.07) is 7.36. The smallest absolute Gasteiger partial charge is 0.387 e. The Morgan fingerprint density at radius 2 is 1.86 bits per heavy atom. The Hall–Kier alpha value is -3.87. The number of H-pyrrole nitrogens is 1. The van der Waals surface area contributed by atoms with E-state index < -0.39 is 39.8 Å². The summed E-state index contributed by atoms with van der Waals surface area (Å²) < 4.78 is 75.7. The lowest BCUT2D eigenvalue weighted by Crippen LogP contribution is -2.29. The summed E-state index contributed by atoms with van der Waals surface area (Å²) in [5, 5.41) is 0. The summed E-state index contributed by atoms with van der Waals surface area (Å²) in [5.41, 5.74) is 1.02. The molecule has 0 fully saturated rings. The molecule has 0 saturated carbocycles. The molecule has 0 unspecified atom stereocenters. The van der Waals surface area contributed by atoms with Crippen LogP contribution in [0, 0.1) is 12.7 Å². The van der Waals surface area contributed by atoms with Gasteiger partial charge in [0.05, 0.1) is 29.6 Å². The van der Waals surface area contributed by atoms with Crippen LogP contribution in [0.5, 0.6) is 11.6 Å². The van der Waals surface area contributed by atoms with Gasteiger partial charge in [0.1, 0.15) is 15.7 Å². The Balaban J connectivity index is 1.91. The maximum atomic E-state index is 14.4. The Bertz CT molecular complexity index is 1620. The summed E-state index contributed by atoms with van der Waals surface area (Å²) >= 11 is 0. The van der Waals surface area contributed by atoms with Crippen molar-refractivity contribution in [2.24, 2.45) is 0 Å². The molecular weight excluding hydrogens is 513 g/mol. The minimum Gasteiger partial charge on any atom is -0.475 e. The van der Waals surface area contributed by atoms with Crippen molar-refractivity contribution < 1.29 is 31.1 Å². The minimum absolute atomic E-state index is 0.0520. The molecule has 1 atom stereocenters. The quantitative estimate of drug-likeness (QED) is 0.345. The van der Waals surface area contributed by atoms with E-state index in [1.807, 2.05) is 0 Å². The van der Waals surface area contributed by atoms with Crippen LogP contribution in [-0.2, 0) is 9.84 Å². The maximum Gasteiger partial charge on any atom is 0.387 e. The highest BCUT2D eigenvalue weighted by molar-refractivity contribution is 7.90. The molecule has 13 heteroatoms. The van der Waals surface area contributed by atoms with Gasteiger partial charge in [-0.2, -0.15) is 8.78 Å². The summed E-state index contributed by atoms with van der Waals surface area (Å²) in [7, 11) is -3.69. The van der Waals surface area contributed by atoms with Gasteiger partial charge in [0.15, 0.2) is 11.4 Å². The lowest BCUT2D eigenvalue weighted by atomic mass is 10.0. The topological polar surface area (TPSA) is 116 Å². The van der Waals surface area contributed by atoms with Crippen LogP contribution in [0.25, 0.3) is 22.3 Å². The summed E-state index contributed by atoms with van der Waals surface area (Å²) in [6.45, 7) is 0.225. The number of aromatic nitrogens is 4. The number of nitrogens with one attached hydrogen (secondary N) is 1. The first-order chi connectivity index (χ1) is 17.5. The van der Waals surface area contributed by atoms with E-state index in [2.05, 4.69) is 19.7 Å². The largest absolute Gasteiger partial charge is 0.475 e. The number of hydrogen-bond donors (Lipinski definition) is 1. The number of nitrogens with zero attached hydrogens (tertiary/aromatic N) is 3. The molecule has 1 aromatic carbocycles. The highest BCUT2D eigenvalue weighted by Gasteiger charge is 2.28. The number of pyridine rings is 2. The fourth-order valence-electron chi connectivity index (χ4n) is 4.06. The van der Waals surface area contributed by atoms with Gasteiger partial charge in [0.2, 0.25) is 0 Å². The molecule has 0 aliphatic heterocycles. The standard InChI is InChI=1S/C24H23F3N4O5S/c1-4-35-22-19(36-23(26)27)10-9-17(29-22)18(12-37(3,33)34)31-21-20(30-24(31)32)13(2)15(11-28-21)14-7-5-6-8-16(14)25/h5-11,18,23H,4,12H2,1-3H3,(H,30,32)/t18-/m1/s1. The van der Waals surface area contributed by atoms with Crippen molar-refractivity contribution in [3.8, 4) is 22.8 Å². The number of hydrogen-bond acceptors (Lipinski definition) is 7. The lowest BCUT2D eigenvalue weighted by molar-refractivity contribution is -0.0518. The maximum absolute atomic E-state index is 14.4. The van der Waals surface area contributed by atoms with E-state index in [1.165, 1.54) is 24.4 Å². The Labute approximate surface area is 209 Å². The number of benzene rings is 1. The van der Waals surface area contributed by atoms with Crippen LogP contribution < -0.4 is 15.2 Å². The summed E-state index contributed by atoms with van der Waals surface area (Å²) in [6.07, 6.45) is 2.39. The monoisotopic (exact) mass is 536 g/mol. The molecule has 0 spiro atoms. The van der Waals surface area contributed by atoms with E-state index in [4.69, 9.17) is 4.74 Å². The van der Waals surface area contributed by atoms with Crippen molar-refractivity contribution in [3.05, 3.63) is 70.2 Å². The van der Waals surface area contributed by atoms with Crippen molar-refractivity contribution in [3.63, 3.8) is 0 Å². The zero-order valence-corrected chi connectivity index (χ0v) is 20.9. The Kier molecular flexibility index (Phi) is 7.25. The van der Waals surface area contributed by atoms with Gasteiger partial charge in [0, 0.05) is 23.6 Å². The first-order valence-electron chi connectivity index (χ1n) is 11.1. The summed E-state index contributed by atoms with van der Waals surface area (Å²) in [4.78, 5) is 24.4. The third-order valence-corrected chi connectivity index (χ3v) is 6.54. The first-order valence-corrected chi connectivity index (χ1v) is 13.2. The second-order valence-electron chi connectivity index (χ2n) is 8.23. The average Bonchev–Trinajstić information content (AvgIpc) is 3.15. The molecule has 0 aliphatic rings. The number of alkyl halides is 2. The van der Waals surface area contributed by atoms with Crippen LogP contribution in [0.15, 0.2) is 47.4 Å². The van der Waals surface area contributed by atoms with Gasteiger partial charge in [-0.05, 0) is 37.6 Å². The van der Waals surface area contributed by atoms with Crippen LogP contribution in [0.4, 0.5) is 13.2 Å². The van der Waals surface area contributed by atoms with Crippen molar-refractivity contribution >= 4 is 21.0 Å². The van der Waals surface area contributed by atoms with E-state index in [1.54, 1.807) is 32.0 Å². The van der Waals surface area contributed by atoms with Crippen LogP contribution in [0.2, 0.25) is 0 Å². The second-order valence-corrected chi connectivity index (χ2v) is 10.4. The third-order valence-electron chi connectivity index (χ3n) is 5.62. The predicted molar refractivity (Wildman–Crippen MR) is 130 cm³/mol. The first kappa shape index (κ1) is 26.2. The van der Waals surface area contributed by atoms with Crippen molar-refractivity contribution in [1.82, 2.24) is 19.5 Å². The van der Waals surface area contributed by atoms with E-state index in [0.29, 0.717) is 11.1 Å². The van der Waals surface area contributed by atoms with Gasteiger partial charge in [-0.25, -0.2) is 27.6 Å². The van der Waals surface area contributed by atoms with Crippen molar-refractivity contribution in [2.45, 2.75) is 26.5 Å². The number of aromatic amines is 1. The number of fused-ring (bicyclic) bond motifs is 1. The molecule has 0 radical (unpaired) electrons. The molecule has 196 valence electrons. The van der Waals surface area contributed by atoms with Crippen LogP contribution in [0.1, 0.15) is 24.2 Å². The molecule has 37 heavy (non-hydrogen) atoms. The zero-order chi connectivity index (χ0) is 26.9. The van der Waals surface area contributed by atoms with E-state index in [0.717, 1.165) is 10.8 Å². The lowest BCUT2D eigenvalue weighted by Gasteiger charge is -2.19.